The summed E-state index contributed by atoms with van der Waals surface area (Å²) in [4.78, 5) is 38.3. The van der Waals surface area contributed by atoms with Crippen LogP contribution in [0.25, 0.3) is 0 Å². The highest BCUT2D eigenvalue weighted by molar-refractivity contribution is 7.92. The van der Waals surface area contributed by atoms with Gasteiger partial charge in [-0.15, -0.1) is 0 Å². The van der Waals surface area contributed by atoms with Crippen LogP contribution in [0.4, 0.5) is 5.69 Å². The predicted octanol–water partition coefficient (Wildman–Crippen LogP) is 1.76. The van der Waals surface area contributed by atoms with E-state index in [9.17, 15) is 22.8 Å². The summed E-state index contributed by atoms with van der Waals surface area (Å²) in [6.07, 6.45) is 2.34. The molecule has 0 spiro atoms. The number of hydrogen-bond acceptors (Lipinski definition) is 5. The van der Waals surface area contributed by atoms with E-state index in [2.05, 4.69) is 0 Å². The lowest BCUT2D eigenvalue weighted by Gasteiger charge is -2.39. The number of carboxylic acid groups (broad SMARTS) is 1. The Labute approximate surface area is 170 Å². The Morgan fingerprint density at radius 2 is 1.79 bits per heavy atom. The molecule has 1 amide bonds. The second-order valence-corrected chi connectivity index (χ2v) is 9.68. The first-order chi connectivity index (χ1) is 13.6. The minimum Gasteiger partial charge on any atom is -0.481 e. The summed E-state index contributed by atoms with van der Waals surface area (Å²) in [7, 11) is -3.59. The molecule has 1 aromatic carbocycles. The van der Waals surface area contributed by atoms with Gasteiger partial charge in [0.1, 0.15) is 0 Å². The highest BCUT2D eigenvalue weighted by atomic mass is 32.2. The van der Waals surface area contributed by atoms with Gasteiger partial charge >= 0.3 is 5.97 Å². The smallest absolute Gasteiger partial charge is 0.306 e. The van der Waals surface area contributed by atoms with Gasteiger partial charge in [0.25, 0.3) is 0 Å². The Morgan fingerprint density at radius 3 is 2.38 bits per heavy atom. The molecule has 0 unspecified atom stereocenters. The van der Waals surface area contributed by atoms with Crippen LogP contribution in [0.5, 0.6) is 0 Å². The van der Waals surface area contributed by atoms with Crippen molar-refractivity contribution in [1.82, 2.24) is 4.90 Å². The van der Waals surface area contributed by atoms with Crippen LogP contribution in [0, 0.1) is 11.8 Å². The minimum absolute atomic E-state index is 0.123. The molecule has 158 valence electrons. The van der Waals surface area contributed by atoms with E-state index in [0.717, 1.165) is 6.26 Å². The first-order valence-corrected chi connectivity index (χ1v) is 11.6. The SMILES string of the molecule is C[C@@H]1[C@H](CCC(=O)N2CCC(C(=O)O)CC2)C(=O)c2ccccc2N1S(C)(=O)=O. The molecule has 0 saturated carbocycles. The zero-order chi connectivity index (χ0) is 21.3. The van der Waals surface area contributed by atoms with Gasteiger partial charge in [-0.05, 0) is 38.3 Å². The lowest BCUT2D eigenvalue weighted by molar-refractivity contribution is -0.145. The van der Waals surface area contributed by atoms with Gasteiger partial charge in [0, 0.05) is 31.0 Å². The molecule has 8 nitrogen and oxygen atoms in total. The minimum atomic E-state index is -3.59. The van der Waals surface area contributed by atoms with E-state index in [-0.39, 0.29) is 24.5 Å². The fourth-order valence-corrected chi connectivity index (χ4v) is 5.61. The molecule has 2 aliphatic heterocycles. The van der Waals surface area contributed by atoms with Crippen LogP contribution in [-0.2, 0) is 19.6 Å². The normalized spacial score (nSPS) is 23.0. The van der Waals surface area contributed by atoms with Crippen molar-refractivity contribution in [3.8, 4) is 0 Å². The number of benzene rings is 1. The molecule has 29 heavy (non-hydrogen) atoms. The number of nitrogens with zero attached hydrogens (tertiary/aromatic N) is 2. The molecule has 1 fully saturated rings. The molecule has 2 aliphatic rings. The number of sulfonamides is 1. The summed E-state index contributed by atoms with van der Waals surface area (Å²) in [5.41, 5.74) is 0.738. The van der Waals surface area contributed by atoms with E-state index in [1.807, 2.05) is 0 Å². The Balaban J connectivity index is 1.72. The third-order valence-corrected chi connectivity index (χ3v) is 7.16. The number of carbonyl (C=O) groups is 3. The quantitative estimate of drug-likeness (QED) is 0.774. The van der Waals surface area contributed by atoms with Crippen molar-refractivity contribution in [3.63, 3.8) is 0 Å². The third-order valence-electron chi connectivity index (χ3n) is 5.92. The number of ketones is 1. The number of amides is 1. The van der Waals surface area contributed by atoms with E-state index >= 15 is 0 Å². The molecule has 2 heterocycles. The van der Waals surface area contributed by atoms with Gasteiger partial charge in [-0.1, -0.05) is 12.1 Å². The van der Waals surface area contributed by atoms with Gasteiger partial charge in [0.05, 0.1) is 23.9 Å². The van der Waals surface area contributed by atoms with Crippen molar-refractivity contribution < 1.29 is 27.9 Å². The summed E-state index contributed by atoms with van der Waals surface area (Å²) in [5, 5.41) is 9.07. The summed E-state index contributed by atoms with van der Waals surface area (Å²) < 4.78 is 26.0. The number of carboxylic acids is 1. The highest BCUT2D eigenvalue weighted by Gasteiger charge is 2.41. The number of carbonyl (C=O) groups excluding carboxylic acids is 2. The van der Waals surface area contributed by atoms with Crippen LogP contribution in [0.1, 0.15) is 43.0 Å². The number of fused-ring (bicyclic) bond motifs is 1. The van der Waals surface area contributed by atoms with Crippen LogP contribution >= 0.6 is 0 Å². The fraction of sp³-hybridized carbons (Fsp3) is 0.550. The zero-order valence-corrected chi connectivity index (χ0v) is 17.4. The zero-order valence-electron chi connectivity index (χ0n) is 16.6. The Morgan fingerprint density at radius 1 is 1.17 bits per heavy atom. The number of Topliss-reactive ketones (excluding diaryl/α,β-unsaturated/α-hetero) is 1. The molecule has 3 rings (SSSR count). The number of rotatable bonds is 5. The molecule has 2 atom stereocenters. The maximum absolute atomic E-state index is 13.0. The maximum Gasteiger partial charge on any atom is 0.306 e. The summed E-state index contributed by atoms with van der Waals surface area (Å²) in [6, 6.07) is 6.05. The molecule has 0 bridgehead atoms. The van der Waals surface area contributed by atoms with Crippen LogP contribution in [0.2, 0.25) is 0 Å². The van der Waals surface area contributed by atoms with Gasteiger partial charge in [-0.2, -0.15) is 0 Å². The first kappa shape index (κ1) is 21.3. The molecule has 1 N–H and O–H groups in total. The molecule has 0 radical (unpaired) electrons. The van der Waals surface area contributed by atoms with Gasteiger partial charge in [0.2, 0.25) is 15.9 Å². The number of aliphatic carboxylic acids is 1. The van der Waals surface area contributed by atoms with Crippen LogP contribution in [0.3, 0.4) is 0 Å². The average molecular weight is 423 g/mol. The standard InChI is InChI=1S/C20H26N2O6S/c1-13-15(7-8-18(23)21-11-9-14(10-12-21)20(25)26)19(24)16-5-3-4-6-17(16)22(13)29(2,27)28/h3-6,13-15H,7-12H2,1-2H3,(H,25,26)/t13-,15+/m1/s1. The second kappa shape index (κ2) is 8.14. The highest BCUT2D eigenvalue weighted by Crippen LogP contribution is 2.37. The fourth-order valence-electron chi connectivity index (χ4n) is 4.34. The van der Waals surface area contributed by atoms with Crippen LogP contribution in [0.15, 0.2) is 24.3 Å². The van der Waals surface area contributed by atoms with Crippen molar-refractivity contribution in [2.75, 3.05) is 23.7 Å². The molecule has 0 aromatic heterocycles. The van der Waals surface area contributed by atoms with Crippen LogP contribution < -0.4 is 4.31 Å². The van der Waals surface area contributed by atoms with E-state index in [1.165, 1.54) is 4.31 Å². The summed E-state index contributed by atoms with van der Waals surface area (Å²) >= 11 is 0. The third kappa shape index (κ3) is 4.29. The number of piperidine rings is 1. The Hall–Kier alpha value is -2.42. The van der Waals surface area contributed by atoms with Gasteiger partial charge in [0.15, 0.2) is 5.78 Å². The van der Waals surface area contributed by atoms with E-state index in [4.69, 9.17) is 5.11 Å². The lowest BCUT2D eigenvalue weighted by Crippen LogP contribution is -2.49. The average Bonchev–Trinajstić information content (AvgIpc) is 2.66. The van der Waals surface area contributed by atoms with Crippen molar-refractivity contribution in [2.24, 2.45) is 11.8 Å². The first-order valence-electron chi connectivity index (χ1n) is 9.74. The molecule has 1 saturated heterocycles. The largest absolute Gasteiger partial charge is 0.481 e. The predicted molar refractivity (Wildman–Crippen MR) is 107 cm³/mol. The van der Waals surface area contributed by atoms with Crippen molar-refractivity contribution in [2.45, 2.75) is 38.6 Å². The maximum atomic E-state index is 13.0. The van der Waals surface area contributed by atoms with Gasteiger partial charge in [-0.25, -0.2) is 8.42 Å². The molecular formula is C20H26N2O6S. The number of para-hydroxylation sites is 1. The van der Waals surface area contributed by atoms with Crippen molar-refractivity contribution >= 4 is 33.4 Å². The summed E-state index contributed by atoms with van der Waals surface area (Å²) in [6.45, 7) is 2.48. The van der Waals surface area contributed by atoms with E-state index in [1.54, 1.807) is 36.1 Å². The van der Waals surface area contributed by atoms with Crippen molar-refractivity contribution in [1.29, 1.82) is 0 Å². The topological polar surface area (TPSA) is 112 Å². The number of hydrogen-bond donors (Lipinski definition) is 1. The van der Waals surface area contributed by atoms with E-state index in [0.29, 0.717) is 37.2 Å². The Kier molecular flexibility index (Phi) is 5.97. The van der Waals surface area contributed by atoms with Gasteiger partial charge in [-0.3, -0.25) is 18.7 Å². The molecule has 9 heteroatoms. The van der Waals surface area contributed by atoms with E-state index < -0.39 is 33.9 Å². The van der Waals surface area contributed by atoms with Gasteiger partial charge < -0.3 is 10.0 Å². The van der Waals surface area contributed by atoms with Crippen LogP contribution in [-0.4, -0.2) is 61.5 Å². The molecule has 0 aliphatic carbocycles. The number of anilines is 1. The van der Waals surface area contributed by atoms with Crippen molar-refractivity contribution in [3.05, 3.63) is 29.8 Å². The second-order valence-electron chi connectivity index (χ2n) is 7.82. The monoisotopic (exact) mass is 422 g/mol. The summed E-state index contributed by atoms with van der Waals surface area (Å²) in [5.74, 6) is -2.14. The molecular weight excluding hydrogens is 396 g/mol. The number of likely N-dealkylation sites (tertiary alicyclic amines) is 1. The lowest BCUT2D eigenvalue weighted by atomic mass is 9.83. The molecule has 1 aromatic rings. The Bertz CT molecular complexity index is 921.